The second-order valence-corrected chi connectivity index (χ2v) is 15.1. The van der Waals surface area contributed by atoms with Crippen LogP contribution in [0, 0.1) is 12.8 Å². The summed E-state index contributed by atoms with van der Waals surface area (Å²) in [6.07, 6.45) is 30.2. The molecule has 0 amide bonds. The van der Waals surface area contributed by atoms with Crippen LogP contribution in [0.4, 0.5) is 0 Å². The standard InChI is InChI=1S/C32H65NO2.C7H8O3S/c1-6-9-12-14-15-16-17-18-19-22-27-32(33(4)5,28-23-20-24-29-34)35-30-31(25-11-8-3)26-21-13-10-7-2;1-6-2-4-7(5-3-6)11(8,9)10/h29,31H,6-28,30H2,1-5H3;2-5H,1H3,(H,8,9,10). The Morgan fingerprint density at radius 1 is 0.717 bits per heavy atom. The average Bonchev–Trinajstić information content (AvgIpc) is 3.02. The minimum atomic E-state index is -4.02. The van der Waals surface area contributed by atoms with Crippen LogP contribution in [0.3, 0.4) is 0 Å². The Labute approximate surface area is 285 Å². The van der Waals surface area contributed by atoms with Gasteiger partial charge >= 0.3 is 0 Å². The largest absolute Gasteiger partial charge is 0.360 e. The van der Waals surface area contributed by atoms with Crippen LogP contribution in [0.25, 0.3) is 0 Å². The van der Waals surface area contributed by atoms with Crippen molar-refractivity contribution in [1.29, 1.82) is 0 Å². The Kier molecular flexibility index (Phi) is 27.9. The van der Waals surface area contributed by atoms with Gasteiger partial charge in [0.2, 0.25) is 0 Å². The molecule has 0 heterocycles. The number of rotatable bonds is 29. The fourth-order valence-electron chi connectivity index (χ4n) is 6.01. The van der Waals surface area contributed by atoms with Gasteiger partial charge in [0, 0.05) is 6.42 Å². The van der Waals surface area contributed by atoms with Gasteiger partial charge in [0.15, 0.2) is 0 Å². The van der Waals surface area contributed by atoms with Crippen molar-refractivity contribution in [1.82, 2.24) is 4.90 Å². The Bertz CT molecular complexity index is 934. The lowest BCUT2D eigenvalue weighted by atomic mass is 9.93. The van der Waals surface area contributed by atoms with Crippen molar-refractivity contribution < 1.29 is 22.5 Å². The molecule has 7 heteroatoms. The van der Waals surface area contributed by atoms with Crippen LogP contribution in [0.15, 0.2) is 29.2 Å². The van der Waals surface area contributed by atoms with Gasteiger partial charge in [-0.05, 0) is 84.0 Å². The highest BCUT2D eigenvalue weighted by Crippen LogP contribution is 2.31. The minimum Gasteiger partial charge on any atom is -0.360 e. The van der Waals surface area contributed by atoms with Crippen molar-refractivity contribution in [3.8, 4) is 0 Å². The molecular weight excluding hydrogens is 594 g/mol. The summed E-state index contributed by atoms with van der Waals surface area (Å²) in [7, 11) is 0.394. The smallest absolute Gasteiger partial charge is 0.294 e. The van der Waals surface area contributed by atoms with E-state index in [1.54, 1.807) is 12.1 Å². The molecule has 1 aromatic rings. The fraction of sp³-hybridized carbons (Fsp3) is 0.821. The number of aryl methyl sites for hydroxylation is 1. The molecule has 1 aromatic carbocycles. The van der Waals surface area contributed by atoms with Gasteiger partial charge in [-0.1, -0.05) is 135 Å². The van der Waals surface area contributed by atoms with Crippen LogP contribution in [-0.2, 0) is 19.6 Å². The predicted octanol–water partition coefficient (Wildman–Crippen LogP) is 11.3. The second kappa shape index (κ2) is 28.7. The molecular formula is C39H73NO5S. The molecule has 2 unspecified atom stereocenters. The number of aldehydes is 1. The van der Waals surface area contributed by atoms with E-state index in [0.29, 0.717) is 12.3 Å². The maximum Gasteiger partial charge on any atom is 0.294 e. The lowest BCUT2D eigenvalue weighted by molar-refractivity contribution is -0.160. The summed E-state index contributed by atoms with van der Waals surface area (Å²) in [6, 6.07) is 5.99. The molecule has 0 aliphatic heterocycles. The van der Waals surface area contributed by atoms with Crippen molar-refractivity contribution >= 4 is 16.4 Å². The summed E-state index contributed by atoms with van der Waals surface area (Å²) in [5, 5.41) is 0. The Balaban J connectivity index is 0.00000153. The summed E-state index contributed by atoms with van der Waals surface area (Å²) in [5.41, 5.74) is 0.786. The van der Waals surface area contributed by atoms with E-state index in [0.717, 1.165) is 44.1 Å². The molecule has 1 rings (SSSR count). The third kappa shape index (κ3) is 23.1. The van der Waals surface area contributed by atoms with Gasteiger partial charge in [0.05, 0.1) is 11.5 Å². The molecule has 0 bridgehead atoms. The normalized spacial score (nSPS) is 13.7. The molecule has 1 N–H and O–H groups in total. The monoisotopic (exact) mass is 668 g/mol. The topological polar surface area (TPSA) is 83.9 Å². The van der Waals surface area contributed by atoms with Crippen LogP contribution >= 0.6 is 0 Å². The first-order valence-electron chi connectivity index (χ1n) is 18.8. The van der Waals surface area contributed by atoms with E-state index in [2.05, 4.69) is 39.8 Å². The van der Waals surface area contributed by atoms with E-state index < -0.39 is 10.1 Å². The molecule has 0 aliphatic carbocycles. The molecule has 0 aromatic heterocycles. The van der Waals surface area contributed by atoms with Gasteiger partial charge in [0.1, 0.15) is 12.0 Å². The predicted molar refractivity (Wildman–Crippen MR) is 196 cm³/mol. The van der Waals surface area contributed by atoms with Crippen LogP contribution in [0.5, 0.6) is 0 Å². The highest BCUT2D eigenvalue weighted by molar-refractivity contribution is 7.85. The van der Waals surface area contributed by atoms with E-state index in [9.17, 15) is 13.2 Å². The van der Waals surface area contributed by atoms with Crippen LogP contribution in [0.2, 0.25) is 0 Å². The molecule has 0 saturated heterocycles. The Morgan fingerprint density at radius 3 is 1.65 bits per heavy atom. The van der Waals surface area contributed by atoms with Crippen LogP contribution < -0.4 is 0 Å². The number of carbonyl (C=O) groups excluding carboxylic acids is 1. The number of ether oxygens (including phenoxy) is 1. The average molecular weight is 668 g/mol. The molecule has 0 saturated carbocycles. The van der Waals surface area contributed by atoms with Crippen LogP contribution in [0.1, 0.15) is 174 Å². The Morgan fingerprint density at radius 2 is 1.17 bits per heavy atom. The molecule has 0 aliphatic rings. The molecule has 6 nitrogen and oxygen atoms in total. The zero-order valence-electron chi connectivity index (χ0n) is 30.9. The molecule has 46 heavy (non-hydrogen) atoms. The van der Waals surface area contributed by atoms with E-state index in [4.69, 9.17) is 9.29 Å². The molecule has 0 spiro atoms. The number of unbranched alkanes of at least 4 members (excludes halogenated alkanes) is 15. The van der Waals surface area contributed by atoms with Crippen LogP contribution in [-0.4, -0.2) is 50.6 Å². The summed E-state index contributed by atoms with van der Waals surface area (Å²) in [6.45, 7) is 9.63. The second-order valence-electron chi connectivity index (χ2n) is 13.6. The zero-order chi connectivity index (χ0) is 34.5. The van der Waals surface area contributed by atoms with E-state index in [-0.39, 0.29) is 10.6 Å². The van der Waals surface area contributed by atoms with Crippen molar-refractivity contribution in [2.45, 2.75) is 186 Å². The van der Waals surface area contributed by atoms with Crippen molar-refractivity contribution in [3.05, 3.63) is 29.8 Å². The van der Waals surface area contributed by atoms with E-state index in [1.165, 1.54) is 128 Å². The van der Waals surface area contributed by atoms with Crippen molar-refractivity contribution in [2.75, 3.05) is 20.7 Å². The number of benzene rings is 1. The third-order valence-electron chi connectivity index (χ3n) is 9.21. The molecule has 0 fully saturated rings. The Hall–Kier alpha value is -1.28. The molecule has 0 radical (unpaired) electrons. The quantitative estimate of drug-likeness (QED) is 0.0396. The summed E-state index contributed by atoms with van der Waals surface area (Å²) in [5.74, 6) is 0.689. The van der Waals surface area contributed by atoms with Gasteiger partial charge in [-0.2, -0.15) is 8.42 Å². The van der Waals surface area contributed by atoms with E-state index in [1.807, 2.05) is 6.92 Å². The zero-order valence-corrected chi connectivity index (χ0v) is 31.7. The first kappa shape index (κ1) is 44.7. The van der Waals surface area contributed by atoms with E-state index >= 15 is 0 Å². The fourth-order valence-corrected chi connectivity index (χ4v) is 6.49. The lowest BCUT2D eigenvalue weighted by Gasteiger charge is -2.41. The maximum absolute atomic E-state index is 10.9. The lowest BCUT2D eigenvalue weighted by Crippen LogP contribution is -2.47. The summed E-state index contributed by atoms with van der Waals surface area (Å²) >= 11 is 0. The first-order chi connectivity index (χ1) is 22.1. The number of carbonyl (C=O) groups is 1. The van der Waals surface area contributed by atoms with Crippen molar-refractivity contribution in [2.24, 2.45) is 5.92 Å². The number of hydrogen-bond acceptors (Lipinski definition) is 5. The molecule has 2 atom stereocenters. The number of hydrogen-bond donors (Lipinski definition) is 1. The van der Waals surface area contributed by atoms with Gasteiger partial charge in [0.25, 0.3) is 10.1 Å². The summed E-state index contributed by atoms with van der Waals surface area (Å²) < 4.78 is 36.5. The minimum absolute atomic E-state index is 0.0666. The van der Waals surface area contributed by atoms with Gasteiger partial charge in [-0.15, -0.1) is 0 Å². The highest BCUT2D eigenvalue weighted by atomic mass is 32.2. The molecule has 270 valence electrons. The maximum atomic E-state index is 10.9. The van der Waals surface area contributed by atoms with Gasteiger partial charge < -0.3 is 9.53 Å². The first-order valence-corrected chi connectivity index (χ1v) is 20.3. The van der Waals surface area contributed by atoms with Gasteiger partial charge in [-0.3, -0.25) is 9.45 Å². The third-order valence-corrected chi connectivity index (χ3v) is 10.1. The van der Waals surface area contributed by atoms with Gasteiger partial charge in [-0.25, -0.2) is 0 Å². The highest BCUT2D eigenvalue weighted by Gasteiger charge is 2.33. The summed E-state index contributed by atoms with van der Waals surface area (Å²) in [4.78, 5) is 13.1. The van der Waals surface area contributed by atoms with Crippen molar-refractivity contribution in [3.63, 3.8) is 0 Å². The SMILES string of the molecule is CCCCCCCCCCCCC(CCCCC=O)(OCC(CCCC)CCCCCC)N(C)C.Cc1ccc(S(=O)(=O)O)cc1. The number of nitrogens with zero attached hydrogens (tertiary/aromatic N) is 1.